The zero-order valence-electron chi connectivity index (χ0n) is 14.8. The van der Waals surface area contributed by atoms with Gasteiger partial charge in [-0.2, -0.15) is 0 Å². The average molecular weight is 367 g/mol. The molecule has 2 amide bonds. The third kappa shape index (κ3) is 4.26. The first-order valence-corrected chi connectivity index (χ1v) is 9.42. The number of hydrogen-bond acceptors (Lipinski definition) is 4. The molecule has 3 aromatic rings. The molecule has 6 heteroatoms. The quantitative estimate of drug-likeness (QED) is 0.659. The lowest BCUT2D eigenvalue weighted by molar-refractivity contribution is -0.117. The minimum Gasteiger partial charge on any atom is -0.326 e. The summed E-state index contributed by atoms with van der Waals surface area (Å²) in [6.45, 7) is 3.55. The standard InChI is InChI=1S/C20H21N3O2S/c1-3-7-16(14-8-5-4-6-9-14)19(25)23-20-22-17-11-10-15(21-13(2)24)12-18(17)26-20/h4-6,8-12,16H,3,7H2,1-2H3,(H,21,24)(H,22,23,25). The first-order chi connectivity index (χ1) is 12.6. The van der Waals surface area contributed by atoms with E-state index in [4.69, 9.17) is 0 Å². The minimum absolute atomic E-state index is 0.0424. The second kappa shape index (κ2) is 8.10. The van der Waals surface area contributed by atoms with Crippen molar-refractivity contribution in [3.63, 3.8) is 0 Å². The molecule has 0 fully saturated rings. The van der Waals surface area contributed by atoms with Gasteiger partial charge in [0.25, 0.3) is 0 Å². The number of carbonyl (C=O) groups is 2. The Hall–Kier alpha value is -2.73. The molecular weight excluding hydrogens is 346 g/mol. The molecule has 0 aliphatic heterocycles. The van der Waals surface area contributed by atoms with Crippen LogP contribution >= 0.6 is 11.3 Å². The Morgan fingerprint density at radius 2 is 1.88 bits per heavy atom. The highest BCUT2D eigenvalue weighted by atomic mass is 32.1. The van der Waals surface area contributed by atoms with Crippen molar-refractivity contribution < 1.29 is 9.59 Å². The minimum atomic E-state index is -0.192. The van der Waals surface area contributed by atoms with Gasteiger partial charge in [-0.1, -0.05) is 55.0 Å². The molecule has 0 aliphatic rings. The van der Waals surface area contributed by atoms with Crippen LogP contribution in [0.15, 0.2) is 48.5 Å². The molecule has 0 radical (unpaired) electrons. The summed E-state index contributed by atoms with van der Waals surface area (Å²) >= 11 is 1.40. The summed E-state index contributed by atoms with van der Waals surface area (Å²) in [5.74, 6) is -0.352. The summed E-state index contributed by atoms with van der Waals surface area (Å²) in [6.07, 6.45) is 1.71. The van der Waals surface area contributed by atoms with E-state index >= 15 is 0 Å². The second-order valence-corrected chi connectivity index (χ2v) is 7.15. The zero-order chi connectivity index (χ0) is 18.5. The number of carbonyl (C=O) groups excluding carboxylic acids is 2. The van der Waals surface area contributed by atoms with Crippen LogP contribution in [0.4, 0.5) is 10.8 Å². The number of aromatic nitrogens is 1. The van der Waals surface area contributed by atoms with Gasteiger partial charge in [-0.25, -0.2) is 4.98 Å². The molecule has 1 unspecified atom stereocenters. The Bertz CT molecular complexity index is 921. The largest absolute Gasteiger partial charge is 0.326 e. The molecule has 1 atom stereocenters. The van der Waals surface area contributed by atoms with Gasteiger partial charge in [0, 0.05) is 12.6 Å². The highest BCUT2D eigenvalue weighted by Crippen LogP contribution is 2.30. The Labute approximate surface area is 156 Å². The number of nitrogens with one attached hydrogen (secondary N) is 2. The molecule has 1 heterocycles. The molecule has 5 nitrogen and oxygen atoms in total. The van der Waals surface area contributed by atoms with Gasteiger partial charge in [0.05, 0.1) is 16.1 Å². The van der Waals surface area contributed by atoms with E-state index < -0.39 is 0 Å². The van der Waals surface area contributed by atoms with E-state index in [2.05, 4.69) is 22.5 Å². The van der Waals surface area contributed by atoms with Crippen LogP contribution in [0.25, 0.3) is 10.2 Å². The van der Waals surface area contributed by atoms with E-state index in [0.717, 1.165) is 34.3 Å². The maximum Gasteiger partial charge on any atom is 0.233 e. The number of nitrogens with zero attached hydrogens (tertiary/aromatic N) is 1. The van der Waals surface area contributed by atoms with E-state index in [1.54, 1.807) is 6.07 Å². The summed E-state index contributed by atoms with van der Waals surface area (Å²) in [4.78, 5) is 28.5. The van der Waals surface area contributed by atoms with Crippen LogP contribution < -0.4 is 10.6 Å². The molecule has 0 saturated carbocycles. The molecule has 3 rings (SSSR count). The van der Waals surface area contributed by atoms with Crippen LogP contribution in [0, 0.1) is 0 Å². The van der Waals surface area contributed by atoms with Crippen LogP contribution in [0.3, 0.4) is 0 Å². The van der Waals surface area contributed by atoms with Crippen LogP contribution in [-0.2, 0) is 9.59 Å². The summed E-state index contributed by atoms with van der Waals surface area (Å²) < 4.78 is 0.915. The van der Waals surface area contributed by atoms with Gasteiger partial charge in [-0.3, -0.25) is 9.59 Å². The maximum absolute atomic E-state index is 12.8. The topological polar surface area (TPSA) is 71.1 Å². The first kappa shape index (κ1) is 18.1. The highest BCUT2D eigenvalue weighted by Gasteiger charge is 2.20. The summed E-state index contributed by atoms with van der Waals surface area (Å²) in [5, 5.41) is 6.28. The fraction of sp³-hybridized carbons (Fsp3) is 0.250. The molecule has 26 heavy (non-hydrogen) atoms. The number of anilines is 2. The molecule has 0 aliphatic carbocycles. The van der Waals surface area contributed by atoms with Crippen molar-refractivity contribution in [3.8, 4) is 0 Å². The molecule has 0 bridgehead atoms. The fourth-order valence-corrected chi connectivity index (χ4v) is 3.78. The van der Waals surface area contributed by atoms with Crippen LogP contribution in [0.2, 0.25) is 0 Å². The molecule has 2 N–H and O–H groups in total. The number of thiazole rings is 1. The molecule has 2 aromatic carbocycles. The van der Waals surface area contributed by atoms with E-state index in [1.165, 1.54) is 18.3 Å². The summed E-state index contributed by atoms with van der Waals surface area (Å²) in [5.41, 5.74) is 2.53. The van der Waals surface area contributed by atoms with Gasteiger partial charge < -0.3 is 10.6 Å². The number of amides is 2. The molecule has 0 spiro atoms. The highest BCUT2D eigenvalue weighted by molar-refractivity contribution is 7.22. The summed E-state index contributed by atoms with van der Waals surface area (Å²) in [6, 6.07) is 15.3. The van der Waals surface area contributed by atoms with Crippen molar-refractivity contribution in [1.29, 1.82) is 0 Å². The van der Waals surface area contributed by atoms with Crippen molar-refractivity contribution in [2.24, 2.45) is 0 Å². The molecule has 1 aromatic heterocycles. The summed E-state index contributed by atoms with van der Waals surface area (Å²) in [7, 11) is 0. The van der Waals surface area contributed by atoms with Crippen molar-refractivity contribution >= 4 is 44.2 Å². The smallest absolute Gasteiger partial charge is 0.233 e. The van der Waals surface area contributed by atoms with Crippen molar-refractivity contribution in [2.45, 2.75) is 32.6 Å². The van der Waals surface area contributed by atoms with Gasteiger partial charge >= 0.3 is 0 Å². The van der Waals surface area contributed by atoms with Gasteiger partial charge in [0.1, 0.15) is 0 Å². The molecular formula is C20H21N3O2S. The van der Waals surface area contributed by atoms with E-state index in [9.17, 15) is 9.59 Å². The van der Waals surface area contributed by atoms with Crippen molar-refractivity contribution in [1.82, 2.24) is 4.98 Å². The van der Waals surface area contributed by atoms with E-state index in [1.807, 2.05) is 42.5 Å². The monoisotopic (exact) mass is 367 g/mol. The lowest BCUT2D eigenvalue weighted by atomic mass is 9.94. The Morgan fingerprint density at radius 3 is 2.58 bits per heavy atom. The van der Waals surface area contributed by atoms with E-state index in [-0.39, 0.29) is 17.7 Å². The number of rotatable bonds is 6. The normalized spacial score (nSPS) is 11.9. The van der Waals surface area contributed by atoms with Gasteiger partial charge in [-0.15, -0.1) is 0 Å². The number of hydrogen-bond donors (Lipinski definition) is 2. The first-order valence-electron chi connectivity index (χ1n) is 8.61. The predicted octanol–water partition coefficient (Wildman–Crippen LogP) is 4.78. The fourth-order valence-electron chi connectivity index (χ4n) is 2.87. The molecule has 0 saturated heterocycles. The van der Waals surface area contributed by atoms with Crippen molar-refractivity contribution in [3.05, 3.63) is 54.1 Å². The van der Waals surface area contributed by atoms with Gasteiger partial charge in [-0.05, 0) is 30.2 Å². The molecule has 134 valence electrons. The Kier molecular flexibility index (Phi) is 5.63. The van der Waals surface area contributed by atoms with Crippen LogP contribution in [0.1, 0.15) is 38.2 Å². The second-order valence-electron chi connectivity index (χ2n) is 6.12. The third-order valence-electron chi connectivity index (χ3n) is 4.03. The van der Waals surface area contributed by atoms with Crippen LogP contribution in [0.5, 0.6) is 0 Å². The number of fused-ring (bicyclic) bond motifs is 1. The van der Waals surface area contributed by atoms with Crippen molar-refractivity contribution in [2.75, 3.05) is 10.6 Å². The van der Waals surface area contributed by atoms with E-state index in [0.29, 0.717) is 5.13 Å². The van der Waals surface area contributed by atoms with Gasteiger partial charge in [0.2, 0.25) is 11.8 Å². The SMILES string of the molecule is CCCC(C(=O)Nc1nc2ccc(NC(C)=O)cc2s1)c1ccccc1. The lowest BCUT2D eigenvalue weighted by Gasteiger charge is -2.15. The predicted molar refractivity (Wildman–Crippen MR) is 107 cm³/mol. The average Bonchev–Trinajstić information content (AvgIpc) is 3.01. The maximum atomic E-state index is 12.8. The lowest BCUT2D eigenvalue weighted by Crippen LogP contribution is -2.21. The Balaban J connectivity index is 1.80. The third-order valence-corrected chi connectivity index (χ3v) is 4.97. The van der Waals surface area contributed by atoms with Gasteiger partial charge in [0.15, 0.2) is 5.13 Å². The number of benzene rings is 2. The Morgan fingerprint density at radius 1 is 1.12 bits per heavy atom. The zero-order valence-corrected chi connectivity index (χ0v) is 15.6. The van der Waals surface area contributed by atoms with Crippen LogP contribution in [-0.4, -0.2) is 16.8 Å².